The molecular formula is C13H17FN2O4S. The lowest BCUT2D eigenvalue weighted by atomic mass is 10.1. The first-order valence-electron chi connectivity index (χ1n) is 6.11. The minimum atomic E-state index is -0.969. The lowest BCUT2D eigenvalue weighted by molar-refractivity contribution is -0.384. The van der Waals surface area contributed by atoms with E-state index in [0.29, 0.717) is 0 Å². The number of carbonyl (C=O) groups is 1. The van der Waals surface area contributed by atoms with Crippen molar-refractivity contribution in [3.05, 3.63) is 33.6 Å². The van der Waals surface area contributed by atoms with Crippen LogP contribution in [0, 0.1) is 15.9 Å². The second-order valence-corrected chi connectivity index (χ2v) is 5.40. The predicted octanol–water partition coefficient (Wildman–Crippen LogP) is 2.71. The second kappa shape index (κ2) is 7.26. The zero-order valence-corrected chi connectivity index (χ0v) is 13.1. The van der Waals surface area contributed by atoms with Crippen molar-refractivity contribution in [2.45, 2.75) is 13.0 Å². The molecule has 0 aliphatic rings. The smallest absolute Gasteiger partial charge is 0.340 e. The second-order valence-electron chi connectivity index (χ2n) is 4.48. The van der Waals surface area contributed by atoms with Crippen LogP contribution in [-0.4, -0.2) is 43.1 Å². The van der Waals surface area contributed by atoms with Crippen molar-refractivity contribution in [2.24, 2.45) is 0 Å². The Morgan fingerprint density at radius 3 is 2.67 bits per heavy atom. The Hall–Kier alpha value is -1.83. The fraction of sp³-hybridized carbons (Fsp3) is 0.462. The van der Waals surface area contributed by atoms with Crippen molar-refractivity contribution in [1.82, 2.24) is 0 Å². The summed E-state index contributed by atoms with van der Waals surface area (Å²) in [5.74, 6) is -1.10. The average molecular weight is 316 g/mol. The lowest BCUT2D eigenvalue weighted by Crippen LogP contribution is -2.31. The number of halogens is 1. The highest BCUT2D eigenvalue weighted by Crippen LogP contribution is 2.32. The minimum Gasteiger partial charge on any atom is -0.465 e. The van der Waals surface area contributed by atoms with Crippen molar-refractivity contribution in [3.8, 4) is 0 Å². The van der Waals surface area contributed by atoms with Crippen molar-refractivity contribution in [2.75, 3.05) is 31.1 Å². The molecule has 1 rings (SSSR count). The van der Waals surface area contributed by atoms with E-state index < -0.39 is 16.7 Å². The van der Waals surface area contributed by atoms with E-state index in [0.717, 1.165) is 25.0 Å². The molecule has 0 saturated carbocycles. The number of thioether (sulfide) groups is 1. The van der Waals surface area contributed by atoms with Crippen LogP contribution in [-0.2, 0) is 4.74 Å². The number of benzene rings is 1. The van der Waals surface area contributed by atoms with Crippen LogP contribution in [0.25, 0.3) is 0 Å². The first kappa shape index (κ1) is 17.2. The number of ether oxygens (including phenoxy) is 1. The Morgan fingerprint density at radius 2 is 2.19 bits per heavy atom. The summed E-state index contributed by atoms with van der Waals surface area (Å²) in [5.41, 5.74) is -0.514. The number of nitro groups is 1. The first-order chi connectivity index (χ1) is 9.83. The van der Waals surface area contributed by atoms with Gasteiger partial charge in [-0.15, -0.1) is 0 Å². The number of esters is 1. The number of methoxy groups -OCH3 is 1. The van der Waals surface area contributed by atoms with Gasteiger partial charge >= 0.3 is 5.97 Å². The summed E-state index contributed by atoms with van der Waals surface area (Å²) in [7, 11) is 2.80. The molecule has 1 atom stereocenters. The third-order valence-electron chi connectivity index (χ3n) is 3.12. The summed E-state index contributed by atoms with van der Waals surface area (Å²) in [4.78, 5) is 23.6. The molecule has 0 spiro atoms. The molecule has 0 saturated heterocycles. The maximum Gasteiger partial charge on any atom is 0.340 e. The van der Waals surface area contributed by atoms with Gasteiger partial charge in [-0.05, 0) is 19.2 Å². The molecule has 6 nitrogen and oxygen atoms in total. The monoisotopic (exact) mass is 316 g/mol. The van der Waals surface area contributed by atoms with Crippen molar-refractivity contribution >= 4 is 29.1 Å². The number of nitro benzene ring substituents is 1. The van der Waals surface area contributed by atoms with Crippen LogP contribution in [0.2, 0.25) is 0 Å². The van der Waals surface area contributed by atoms with E-state index in [9.17, 15) is 19.3 Å². The molecule has 0 bridgehead atoms. The van der Waals surface area contributed by atoms with E-state index in [1.165, 1.54) is 0 Å². The Bertz CT molecular complexity index is 553. The topological polar surface area (TPSA) is 72.7 Å². The zero-order chi connectivity index (χ0) is 16.2. The van der Waals surface area contributed by atoms with Gasteiger partial charge < -0.3 is 9.64 Å². The summed E-state index contributed by atoms with van der Waals surface area (Å²) >= 11 is 1.59. The standard InChI is InChI=1S/C13H17FN2O4S/c1-8(7-21-4)15(2)11-5-9(13(17)20-3)10(14)6-12(11)16(18)19/h5-6,8H,7H2,1-4H3. The van der Waals surface area contributed by atoms with Gasteiger partial charge in [0.15, 0.2) is 0 Å². The fourth-order valence-electron chi connectivity index (χ4n) is 1.84. The quantitative estimate of drug-likeness (QED) is 0.456. The number of rotatable bonds is 6. The number of nitrogens with zero attached hydrogens (tertiary/aromatic N) is 2. The Kier molecular flexibility index (Phi) is 5.95. The molecule has 21 heavy (non-hydrogen) atoms. The Morgan fingerprint density at radius 1 is 1.57 bits per heavy atom. The zero-order valence-electron chi connectivity index (χ0n) is 12.3. The van der Waals surface area contributed by atoms with E-state index in [1.807, 2.05) is 13.2 Å². The maximum absolute atomic E-state index is 13.8. The molecule has 0 aliphatic carbocycles. The van der Waals surface area contributed by atoms with Crippen LogP contribution < -0.4 is 4.90 Å². The SMILES string of the molecule is COC(=O)c1cc(N(C)C(C)CSC)c([N+](=O)[O-])cc1F. The summed E-state index contributed by atoms with van der Waals surface area (Å²) in [6.07, 6.45) is 1.92. The van der Waals surface area contributed by atoms with E-state index in [-0.39, 0.29) is 23.0 Å². The van der Waals surface area contributed by atoms with Crippen LogP contribution in [0.1, 0.15) is 17.3 Å². The van der Waals surface area contributed by atoms with E-state index >= 15 is 0 Å². The third kappa shape index (κ3) is 3.84. The normalized spacial score (nSPS) is 11.9. The molecule has 116 valence electrons. The van der Waals surface area contributed by atoms with Gasteiger partial charge in [0.05, 0.1) is 23.7 Å². The van der Waals surface area contributed by atoms with Gasteiger partial charge in [-0.25, -0.2) is 9.18 Å². The van der Waals surface area contributed by atoms with Gasteiger partial charge in [0.25, 0.3) is 5.69 Å². The molecular weight excluding hydrogens is 299 g/mol. The lowest BCUT2D eigenvalue weighted by Gasteiger charge is -2.26. The molecule has 0 N–H and O–H groups in total. The Labute approximate surface area is 126 Å². The molecule has 1 unspecified atom stereocenters. The van der Waals surface area contributed by atoms with Crippen LogP contribution >= 0.6 is 11.8 Å². The van der Waals surface area contributed by atoms with Crippen molar-refractivity contribution in [3.63, 3.8) is 0 Å². The number of hydrogen-bond acceptors (Lipinski definition) is 6. The molecule has 1 aromatic rings. The van der Waals surface area contributed by atoms with Crippen molar-refractivity contribution < 1.29 is 18.8 Å². The Balaban J connectivity index is 3.38. The number of hydrogen-bond donors (Lipinski definition) is 0. The fourth-order valence-corrected chi connectivity index (χ4v) is 2.54. The molecule has 1 aromatic carbocycles. The number of anilines is 1. The minimum absolute atomic E-state index is 0.0188. The highest BCUT2D eigenvalue weighted by molar-refractivity contribution is 7.98. The molecule has 0 aliphatic heterocycles. The van der Waals surface area contributed by atoms with Crippen LogP contribution in [0.5, 0.6) is 0 Å². The summed E-state index contributed by atoms with van der Waals surface area (Å²) in [6, 6.07) is 1.90. The van der Waals surface area contributed by atoms with Crippen LogP contribution in [0.15, 0.2) is 12.1 Å². The molecule has 8 heteroatoms. The van der Waals surface area contributed by atoms with Gasteiger partial charge in [0.1, 0.15) is 11.5 Å². The van der Waals surface area contributed by atoms with Crippen LogP contribution in [0.4, 0.5) is 15.8 Å². The maximum atomic E-state index is 13.8. The van der Waals surface area contributed by atoms with Gasteiger partial charge in [-0.1, -0.05) is 0 Å². The first-order valence-corrected chi connectivity index (χ1v) is 7.50. The average Bonchev–Trinajstić information content (AvgIpc) is 2.45. The summed E-state index contributed by atoms with van der Waals surface area (Å²) < 4.78 is 18.3. The van der Waals surface area contributed by atoms with E-state index in [1.54, 1.807) is 23.7 Å². The highest BCUT2D eigenvalue weighted by Gasteiger charge is 2.26. The summed E-state index contributed by atoms with van der Waals surface area (Å²) in [6.45, 7) is 1.89. The largest absolute Gasteiger partial charge is 0.465 e. The molecule has 0 amide bonds. The molecule has 0 aromatic heterocycles. The highest BCUT2D eigenvalue weighted by atomic mass is 32.2. The van der Waals surface area contributed by atoms with Crippen molar-refractivity contribution in [1.29, 1.82) is 0 Å². The summed E-state index contributed by atoms with van der Waals surface area (Å²) in [5, 5.41) is 11.1. The molecule has 0 fully saturated rings. The van der Waals surface area contributed by atoms with Crippen LogP contribution in [0.3, 0.4) is 0 Å². The molecule has 0 radical (unpaired) electrons. The van der Waals surface area contributed by atoms with Gasteiger partial charge in [0, 0.05) is 18.8 Å². The van der Waals surface area contributed by atoms with E-state index in [2.05, 4.69) is 4.74 Å². The third-order valence-corrected chi connectivity index (χ3v) is 3.93. The molecule has 0 heterocycles. The number of carbonyl (C=O) groups excluding carboxylic acids is 1. The van der Waals surface area contributed by atoms with Gasteiger partial charge in [-0.3, -0.25) is 10.1 Å². The van der Waals surface area contributed by atoms with Gasteiger partial charge in [0.2, 0.25) is 0 Å². The van der Waals surface area contributed by atoms with Gasteiger partial charge in [-0.2, -0.15) is 11.8 Å². The predicted molar refractivity (Wildman–Crippen MR) is 80.6 cm³/mol. The van der Waals surface area contributed by atoms with E-state index in [4.69, 9.17) is 0 Å².